The molecule has 5 nitrogen and oxygen atoms in total. The molecule has 0 atom stereocenters. The summed E-state index contributed by atoms with van der Waals surface area (Å²) in [5.74, 6) is -0.609. The Labute approximate surface area is 122 Å². The molecule has 2 fully saturated rings. The number of ether oxygens (including phenoxy) is 3. The van der Waals surface area contributed by atoms with Crippen LogP contribution in [-0.4, -0.2) is 49.5 Å². The van der Waals surface area contributed by atoms with E-state index in [1.54, 1.807) is 17.0 Å². The fourth-order valence-electron chi connectivity index (χ4n) is 2.68. The molecule has 0 aliphatic carbocycles. The molecular weight excluding hydrogens is 277 g/mol. The van der Waals surface area contributed by atoms with Crippen LogP contribution in [0.4, 0.5) is 4.39 Å². The highest BCUT2D eigenvalue weighted by atomic mass is 19.1. The van der Waals surface area contributed by atoms with Crippen LogP contribution in [-0.2, 0) is 14.3 Å². The maximum absolute atomic E-state index is 13.0. The highest BCUT2D eigenvalue weighted by Crippen LogP contribution is 2.31. The van der Waals surface area contributed by atoms with Crippen molar-refractivity contribution in [2.45, 2.75) is 18.6 Å². The van der Waals surface area contributed by atoms with Gasteiger partial charge in [-0.3, -0.25) is 4.79 Å². The Kier molecular flexibility index (Phi) is 4.07. The van der Waals surface area contributed by atoms with Crippen LogP contribution >= 0.6 is 0 Å². The van der Waals surface area contributed by atoms with Crippen molar-refractivity contribution in [1.82, 2.24) is 4.90 Å². The number of carbonyl (C=O) groups is 1. The number of piperidine rings is 1. The quantitative estimate of drug-likeness (QED) is 0.849. The normalized spacial score (nSPS) is 20.7. The molecule has 3 rings (SSSR count). The van der Waals surface area contributed by atoms with Crippen LogP contribution in [0, 0.1) is 5.82 Å². The van der Waals surface area contributed by atoms with Gasteiger partial charge in [-0.05, 0) is 12.1 Å². The number of halogens is 1. The number of likely N-dealkylation sites (tertiary alicyclic amines) is 1. The molecule has 1 aromatic rings. The Morgan fingerprint density at radius 1 is 1.29 bits per heavy atom. The summed E-state index contributed by atoms with van der Waals surface area (Å²) >= 11 is 0. The highest BCUT2D eigenvalue weighted by molar-refractivity contribution is 5.77. The average Bonchev–Trinajstić information content (AvgIpc) is 2.94. The van der Waals surface area contributed by atoms with Gasteiger partial charge in [0, 0.05) is 32.0 Å². The van der Waals surface area contributed by atoms with Crippen molar-refractivity contribution < 1.29 is 23.4 Å². The average molecular weight is 295 g/mol. The van der Waals surface area contributed by atoms with Crippen molar-refractivity contribution in [1.29, 1.82) is 0 Å². The molecule has 2 aliphatic heterocycles. The third kappa shape index (κ3) is 3.33. The SMILES string of the molecule is O=C(COc1cccc(F)c1)N1CCC2(CC1)OCCO2. The molecule has 21 heavy (non-hydrogen) atoms. The molecule has 0 aromatic heterocycles. The molecule has 0 saturated carbocycles. The van der Waals surface area contributed by atoms with E-state index in [2.05, 4.69) is 0 Å². The Morgan fingerprint density at radius 2 is 2.00 bits per heavy atom. The standard InChI is InChI=1S/C15H18FNO4/c16-12-2-1-3-13(10-12)19-11-14(18)17-6-4-15(5-7-17)20-8-9-21-15/h1-3,10H,4-9,11H2. The number of rotatable bonds is 3. The Balaban J connectivity index is 1.48. The van der Waals surface area contributed by atoms with E-state index >= 15 is 0 Å². The zero-order chi connectivity index (χ0) is 14.7. The van der Waals surface area contributed by atoms with Crippen molar-refractivity contribution in [3.8, 4) is 5.75 Å². The van der Waals surface area contributed by atoms with Gasteiger partial charge in [0.05, 0.1) is 13.2 Å². The van der Waals surface area contributed by atoms with Gasteiger partial charge in [0.1, 0.15) is 11.6 Å². The van der Waals surface area contributed by atoms with E-state index in [0.717, 1.165) is 0 Å². The minimum Gasteiger partial charge on any atom is -0.484 e. The van der Waals surface area contributed by atoms with Gasteiger partial charge in [0.15, 0.2) is 12.4 Å². The van der Waals surface area contributed by atoms with Crippen LogP contribution in [0.15, 0.2) is 24.3 Å². The van der Waals surface area contributed by atoms with E-state index in [4.69, 9.17) is 14.2 Å². The third-order valence-corrected chi connectivity index (χ3v) is 3.85. The molecule has 0 radical (unpaired) electrons. The first kappa shape index (κ1) is 14.3. The lowest BCUT2D eigenvalue weighted by Gasteiger charge is -2.37. The second kappa shape index (κ2) is 5.99. The Morgan fingerprint density at radius 3 is 2.67 bits per heavy atom. The van der Waals surface area contributed by atoms with Crippen LogP contribution in [0.2, 0.25) is 0 Å². The summed E-state index contributed by atoms with van der Waals surface area (Å²) in [6.45, 7) is 2.34. The van der Waals surface area contributed by atoms with Gasteiger partial charge in [-0.15, -0.1) is 0 Å². The van der Waals surface area contributed by atoms with Crippen LogP contribution in [0.5, 0.6) is 5.75 Å². The second-order valence-corrected chi connectivity index (χ2v) is 5.23. The van der Waals surface area contributed by atoms with Crippen molar-refractivity contribution >= 4 is 5.91 Å². The van der Waals surface area contributed by atoms with Crippen molar-refractivity contribution in [3.05, 3.63) is 30.1 Å². The molecular formula is C15H18FNO4. The van der Waals surface area contributed by atoms with Crippen LogP contribution in [0.1, 0.15) is 12.8 Å². The minimum atomic E-state index is -0.486. The number of benzene rings is 1. The molecule has 114 valence electrons. The predicted molar refractivity (Wildman–Crippen MR) is 72.3 cm³/mol. The smallest absolute Gasteiger partial charge is 0.260 e. The lowest BCUT2D eigenvalue weighted by molar-refractivity contribution is -0.187. The molecule has 1 spiro atoms. The summed E-state index contributed by atoms with van der Waals surface area (Å²) in [6.07, 6.45) is 1.36. The molecule has 0 unspecified atom stereocenters. The number of hydrogen-bond donors (Lipinski definition) is 0. The van der Waals surface area contributed by atoms with Gasteiger partial charge in [-0.25, -0.2) is 4.39 Å². The van der Waals surface area contributed by atoms with E-state index in [1.807, 2.05) is 0 Å². The molecule has 0 N–H and O–H groups in total. The first-order valence-electron chi connectivity index (χ1n) is 7.11. The number of amides is 1. The predicted octanol–water partition coefficient (Wildman–Crippen LogP) is 1.57. The Bertz CT molecular complexity index is 506. The lowest BCUT2D eigenvalue weighted by atomic mass is 10.0. The van der Waals surface area contributed by atoms with E-state index in [0.29, 0.717) is 44.9 Å². The van der Waals surface area contributed by atoms with Gasteiger partial charge in [-0.1, -0.05) is 6.07 Å². The third-order valence-electron chi connectivity index (χ3n) is 3.85. The summed E-state index contributed by atoms with van der Waals surface area (Å²) in [5, 5.41) is 0. The molecule has 1 amide bonds. The van der Waals surface area contributed by atoms with Gasteiger partial charge in [-0.2, -0.15) is 0 Å². The fraction of sp³-hybridized carbons (Fsp3) is 0.533. The number of nitrogens with zero attached hydrogens (tertiary/aromatic N) is 1. The second-order valence-electron chi connectivity index (χ2n) is 5.23. The van der Waals surface area contributed by atoms with E-state index in [1.165, 1.54) is 12.1 Å². The van der Waals surface area contributed by atoms with Gasteiger partial charge in [0.25, 0.3) is 5.91 Å². The number of hydrogen-bond acceptors (Lipinski definition) is 4. The van der Waals surface area contributed by atoms with Crippen LogP contribution in [0.3, 0.4) is 0 Å². The maximum atomic E-state index is 13.0. The molecule has 2 aliphatic rings. The number of carbonyl (C=O) groups excluding carboxylic acids is 1. The Hall–Kier alpha value is -1.66. The summed E-state index contributed by atoms with van der Waals surface area (Å²) in [7, 11) is 0. The highest BCUT2D eigenvalue weighted by Gasteiger charge is 2.40. The minimum absolute atomic E-state index is 0.0852. The monoisotopic (exact) mass is 295 g/mol. The molecule has 2 heterocycles. The molecule has 1 aromatic carbocycles. The maximum Gasteiger partial charge on any atom is 0.260 e. The van der Waals surface area contributed by atoms with Crippen molar-refractivity contribution in [2.75, 3.05) is 32.9 Å². The van der Waals surface area contributed by atoms with Gasteiger partial charge < -0.3 is 19.1 Å². The van der Waals surface area contributed by atoms with Crippen molar-refractivity contribution in [3.63, 3.8) is 0 Å². The molecule has 0 bridgehead atoms. The first-order chi connectivity index (χ1) is 10.2. The molecule has 2 saturated heterocycles. The first-order valence-corrected chi connectivity index (χ1v) is 7.11. The molecule has 6 heteroatoms. The van der Waals surface area contributed by atoms with E-state index in [9.17, 15) is 9.18 Å². The lowest BCUT2D eigenvalue weighted by Crippen LogP contribution is -2.48. The van der Waals surface area contributed by atoms with Gasteiger partial charge in [0.2, 0.25) is 0 Å². The fourth-order valence-corrected chi connectivity index (χ4v) is 2.68. The van der Waals surface area contributed by atoms with Crippen LogP contribution in [0.25, 0.3) is 0 Å². The van der Waals surface area contributed by atoms with Gasteiger partial charge >= 0.3 is 0 Å². The van der Waals surface area contributed by atoms with E-state index < -0.39 is 5.79 Å². The van der Waals surface area contributed by atoms with Crippen molar-refractivity contribution in [2.24, 2.45) is 0 Å². The zero-order valence-corrected chi connectivity index (χ0v) is 11.7. The summed E-state index contributed by atoms with van der Waals surface area (Å²) in [6, 6.07) is 5.77. The zero-order valence-electron chi connectivity index (χ0n) is 11.7. The summed E-state index contributed by atoms with van der Waals surface area (Å²) in [5.41, 5.74) is 0. The largest absolute Gasteiger partial charge is 0.484 e. The summed E-state index contributed by atoms with van der Waals surface area (Å²) in [4.78, 5) is 13.8. The van der Waals surface area contributed by atoms with E-state index in [-0.39, 0.29) is 18.3 Å². The topological polar surface area (TPSA) is 48.0 Å². The van der Waals surface area contributed by atoms with Crippen LogP contribution < -0.4 is 4.74 Å². The summed E-state index contributed by atoms with van der Waals surface area (Å²) < 4.78 is 29.6.